The van der Waals surface area contributed by atoms with Crippen LogP contribution < -0.4 is 0 Å². The maximum absolute atomic E-state index is 11.6. The third-order valence-electron chi connectivity index (χ3n) is 4.99. The number of pyridine rings is 1. The van der Waals surface area contributed by atoms with Gasteiger partial charge in [0.15, 0.2) is 12.1 Å². The summed E-state index contributed by atoms with van der Waals surface area (Å²) in [7, 11) is -14.1. The second-order valence-electron chi connectivity index (χ2n) is 7.64. The predicted octanol–water partition coefficient (Wildman–Crippen LogP) is 4.72. The van der Waals surface area contributed by atoms with Gasteiger partial charge in [0.2, 0.25) is 0 Å². The number of aryl methyl sites for hydroxylation is 1. The number of fused-ring (bicyclic) bond motifs is 1. The molecule has 18 nitrogen and oxygen atoms in total. The Hall–Kier alpha value is -2.95. The van der Waals surface area contributed by atoms with Crippen molar-refractivity contribution < 1.29 is 61.3 Å². The molecule has 1 heterocycles. The Morgan fingerprint density at radius 3 is 2.08 bits per heavy atom. The minimum absolute atomic E-state index is 0.139. The molecule has 212 valence electrons. The molecule has 3 rings (SSSR count). The highest BCUT2D eigenvalue weighted by atomic mass is 32.3. The molecule has 0 aliphatic rings. The first-order valence-electron chi connectivity index (χ1n) is 9.92. The zero-order chi connectivity index (χ0) is 29.5. The van der Waals surface area contributed by atoms with Crippen molar-refractivity contribution >= 4 is 64.2 Å². The summed E-state index contributed by atoms with van der Waals surface area (Å²) in [6, 6.07) is 3.17. The lowest BCUT2D eigenvalue weighted by Gasteiger charge is -2.25. The zero-order valence-corrected chi connectivity index (χ0v) is 21.8. The number of nitro benzene ring substituents is 1. The van der Waals surface area contributed by atoms with Crippen molar-refractivity contribution in [1.82, 2.24) is 4.98 Å². The molecule has 3 aromatic rings. The van der Waals surface area contributed by atoms with Gasteiger partial charge < -0.3 is 32.4 Å². The van der Waals surface area contributed by atoms with E-state index in [1.165, 1.54) is 6.92 Å². The van der Waals surface area contributed by atoms with E-state index in [1.807, 2.05) is 0 Å². The molecule has 0 unspecified atom stereocenters. The van der Waals surface area contributed by atoms with Crippen molar-refractivity contribution in [3.63, 3.8) is 0 Å². The Balaban J connectivity index is 2.30. The van der Waals surface area contributed by atoms with Gasteiger partial charge in [0.05, 0.1) is 31.7 Å². The van der Waals surface area contributed by atoms with E-state index in [0.29, 0.717) is 6.07 Å². The number of aldehydes is 1. The van der Waals surface area contributed by atoms with Crippen molar-refractivity contribution in [2.45, 2.75) is 23.3 Å². The van der Waals surface area contributed by atoms with Crippen molar-refractivity contribution in [3.05, 3.63) is 51.2 Å². The number of azo groups is 1. The highest BCUT2D eigenvalue weighted by Gasteiger charge is 2.34. The maximum atomic E-state index is 11.6. The topological polar surface area (TPSA) is 309 Å². The van der Waals surface area contributed by atoms with Gasteiger partial charge in [-0.15, -0.1) is 14.8 Å². The number of aromatic nitrogens is 1. The van der Waals surface area contributed by atoms with E-state index in [1.54, 1.807) is 0 Å². The lowest BCUT2D eigenvalue weighted by molar-refractivity contribution is -0.385. The summed E-state index contributed by atoms with van der Waals surface area (Å²) in [5.41, 5.74) is -2.15. The Morgan fingerprint density at radius 1 is 1.00 bits per heavy atom. The Bertz CT molecular complexity index is 1500. The molecular formula is C18H20N4O14PS2+. The molecule has 2 aromatic carbocycles. The Kier molecular flexibility index (Phi) is 8.55. The Morgan fingerprint density at radius 2 is 1.56 bits per heavy atom. The quantitative estimate of drug-likeness (QED) is 0.0514. The van der Waals surface area contributed by atoms with E-state index in [0.717, 1.165) is 18.2 Å². The number of non-ortho nitro benzene ring substituents is 1. The first-order valence-corrected chi connectivity index (χ1v) is 14.5. The molecule has 0 spiro atoms. The van der Waals surface area contributed by atoms with Gasteiger partial charge in [-0.2, -0.15) is 14.7 Å². The van der Waals surface area contributed by atoms with Crippen LogP contribution in [-0.4, -0.2) is 63.3 Å². The molecule has 21 heteroatoms. The lowest BCUT2D eigenvalue weighted by atomic mass is 10.1. The van der Waals surface area contributed by atoms with Gasteiger partial charge in [0.25, 0.3) is 5.69 Å². The number of aromatic hydroxyl groups is 1. The van der Waals surface area contributed by atoms with Crippen molar-refractivity contribution in [3.8, 4) is 5.75 Å². The molecule has 0 aliphatic carbocycles. The number of benzene rings is 2. The second kappa shape index (κ2) is 10.9. The van der Waals surface area contributed by atoms with Crippen LogP contribution in [0.25, 0.3) is 10.8 Å². The molecule has 10 N–H and O–H groups in total. The van der Waals surface area contributed by atoms with E-state index in [-0.39, 0.29) is 23.2 Å². The zero-order valence-electron chi connectivity index (χ0n) is 19.3. The third-order valence-corrected chi connectivity index (χ3v) is 7.32. The molecule has 1 aromatic heterocycles. The second-order valence-corrected chi connectivity index (χ2v) is 11.9. The highest BCUT2D eigenvalue weighted by Crippen LogP contribution is 2.55. The van der Waals surface area contributed by atoms with Crippen LogP contribution in [0.15, 0.2) is 44.3 Å². The Labute approximate surface area is 221 Å². The monoisotopic (exact) mass is 611 g/mol. The van der Waals surface area contributed by atoms with Crippen LogP contribution in [0.1, 0.15) is 21.6 Å². The maximum Gasteiger partial charge on any atom is 0.567 e. The molecule has 0 saturated carbocycles. The number of nitro groups is 1. The van der Waals surface area contributed by atoms with E-state index in [2.05, 4.69) is 19.7 Å². The average molecular weight is 611 g/mol. The number of carbonyl (C=O) groups excluding carboxylic acids is 1. The van der Waals surface area contributed by atoms with Gasteiger partial charge in [0, 0.05) is 28.5 Å². The number of hydrogen-bond acceptors (Lipinski definition) is 17. The number of rotatable bonds is 9. The smallest absolute Gasteiger partial charge is 0.505 e. The molecule has 0 amide bonds. The molecule has 0 saturated heterocycles. The summed E-state index contributed by atoms with van der Waals surface area (Å²) in [6.45, 7) is 0.369. The van der Waals surface area contributed by atoms with Gasteiger partial charge in [-0.3, -0.25) is 14.9 Å². The number of hydrogen-bond donors (Lipinski definition) is 10. The summed E-state index contributed by atoms with van der Waals surface area (Å²) in [5.74, 6) is -1.09. The first-order chi connectivity index (χ1) is 17.8. The minimum Gasteiger partial charge on any atom is -0.505 e. The predicted molar refractivity (Wildman–Crippen MR) is 137 cm³/mol. The van der Waals surface area contributed by atoms with Gasteiger partial charge in [-0.1, -0.05) is 0 Å². The summed E-state index contributed by atoms with van der Waals surface area (Å²) in [4.78, 5) is 51.6. The SMILES string of the molecule is Cc1nc(N=Nc2cc(S(O)(O)O)c3cc([N+](=O)[O-])cc(S(O)(O)O)c3c2)c(CO[P+](O)(O)O)c(C=O)c1O. The van der Waals surface area contributed by atoms with Crippen LogP contribution >= 0.6 is 29.9 Å². The van der Waals surface area contributed by atoms with E-state index >= 15 is 0 Å². The summed E-state index contributed by atoms with van der Waals surface area (Å²) >= 11 is 0. The fourth-order valence-corrected chi connectivity index (χ4v) is 5.12. The van der Waals surface area contributed by atoms with E-state index in [9.17, 15) is 47.3 Å². The summed E-state index contributed by atoms with van der Waals surface area (Å²) < 4.78 is 63.9. The lowest BCUT2D eigenvalue weighted by Crippen LogP contribution is -2.03. The van der Waals surface area contributed by atoms with Gasteiger partial charge in [0.1, 0.15) is 34.1 Å². The molecule has 0 aliphatic heterocycles. The standard InChI is InChI=1S/C18H19N4O14PS2/c1-8-17(24)13(6-23)14(7-36-37(27,28)29)18(19-8)21-20-9-2-11-12(15(3-9)38(30,31)32)4-10(22(25)26)5-16(11)39(33,34)35/h2-6,27-29H,7H2,1H3,(H6-,24,30,31,32,33,34,35)/p+1. The van der Waals surface area contributed by atoms with Crippen molar-refractivity contribution in [2.24, 2.45) is 10.2 Å². The van der Waals surface area contributed by atoms with Crippen LogP contribution in [0.4, 0.5) is 17.2 Å². The fourth-order valence-electron chi connectivity index (χ4n) is 3.33. The minimum atomic E-state index is -4.82. The molecule has 0 radical (unpaired) electrons. The number of nitrogens with zero attached hydrogens (tertiary/aromatic N) is 4. The average Bonchev–Trinajstić information content (AvgIpc) is 2.80. The van der Waals surface area contributed by atoms with Crippen molar-refractivity contribution in [1.29, 1.82) is 0 Å². The van der Waals surface area contributed by atoms with Crippen LogP contribution in [0.5, 0.6) is 5.75 Å². The van der Waals surface area contributed by atoms with Crippen molar-refractivity contribution in [2.75, 3.05) is 0 Å². The van der Waals surface area contributed by atoms with Gasteiger partial charge in [-0.25, -0.2) is 4.98 Å². The number of carbonyl (C=O) groups is 1. The highest BCUT2D eigenvalue weighted by molar-refractivity contribution is 8.20. The fraction of sp³-hybridized carbons (Fsp3) is 0.111. The molecule has 0 fully saturated rings. The van der Waals surface area contributed by atoms with Gasteiger partial charge >= 0.3 is 8.17 Å². The third kappa shape index (κ3) is 6.98. The molecule has 0 bridgehead atoms. The largest absolute Gasteiger partial charge is 0.567 e. The summed E-state index contributed by atoms with van der Waals surface area (Å²) in [5, 5.41) is 28.1. The first kappa shape index (κ1) is 30.6. The van der Waals surface area contributed by atoms with E-state index in [4.69, 9.17) is 14.7 Å². The van der Waals surface area contributed by atoms with Crippen LogP contribution in [-0.2, 0) is 11.1 Å². The van der Waals surface area contributed by atoms with E-state index < -0.39 is 84.8 Å². The molecular weight excluding hydrogens is 591 g/mol. The summed E-state index contributed by atoms with van der Waals surface area (Å²) in [6.07, 6.45) is 0.161. The normalized spacial score (nSPS) is 13.7. The van der Waals surface area contributed by atoms with Crippen LogP contribution in [0.2, 0.25) is 0 Å². The molecule has 39 heavy (non-hydrogen) atoms. The van der Waals surface area contributed by atoms with Gasteiger partial charge in [-0.05, 0) is 19.1 Å². The van der Waals surface area contributed by atoms with Crippen LogP contribution in [0.3, 0.4) is 0 Å². The van der Waals surface area contributed by atoms with Crippen LogP contribution in [0, 0.1) is 17.0 Å². The molecule has 0 atom stereocenters.